The smallest absolute Gasteiger partial charge is 0.161 e. The van der Waals surface area contributed by atoms with Gasteiger partial charge in [0.1, 0.15) is 12.4 Å². The van der Waals surface area contributed by atoms with Crippen molar-refractivity contribution in [3.63, 3.8) is 0 Å². The van der Waals surface area contributed by atoms with Crippen LogP contribution >= 0.6 is 0 Å². The number of hydrogen-bond acceptors (Lipinski definition) is 4. The molecule has 0 aliphatic carbocycles. The summed E-state index contributed by atoms with van der Waals surface area (Å²) in [5.41, 5.74) is 2.02. The van der Waals surface area contributed by atoms with Crippen molar-refractivity contribution in [2.75, 3.05) is 40.0 Å². The molecule has 1 saturated heterocycles. The molecule has 140 valence electrons. The van der Waals surface area contributed by atoms with Crippen LogP contribution < -0.4 is 9.47 Å². The molecule has 1 fully saturated rings. The topological polar surface area (TPSA) is 30.9 Å². The van der Waals surface area contributed by atoms with Gasteiger partial charge < -0.3 is 14.2 Å². The van der Waals surface area contributed by atoms with Gasteiger partial charge >= 0.3 is 0 Å². The first-order valence-corrected chi connectivity index (χ1v) is 9.09. The third kappa shape index (κ3) is 5.44. The Morgan fingerprint density at radius 3 is 2.65 bits per heavy atom. The minimum absolute atomic E-state index is 0.256. The van der Waals surface area contributed by atoms with Gasteiger partial charge in [-0.05, 0) is 54.8 Å². The first kappa shape index (κ1) is 18.7. The Morgan fingerprint density at radius 1 is 1.04 bits per heavy atom. The summed E-state index contributed by atoms with van der Waals surface area (Å²) in [6.07, 6.45) is 2.10. The van der Waals surface area contributed by atoms with Crippen LogP contribution in [0.3, 0.4) is 0 Å². The predicted molar refractivity (Wildman–Crippen MR) is 99.3 cm³/mol. The Balaban J connectivity index is 1.53. The number of benzene rings is 2. The van der Waals surface area contributed by atoms with Gasteiger partial charge in [0, 0.05) is 13.1 Å². The fraction of sp³-hybridized carbons (Fsp3) is 0.429. The van der Waals surface area contributed by atoms with Crippen molar-refractivity contribution < 1.29 is 18.6 Å². The highest BCUT2D eigenvalue weighted by molar-refractivity contribution is 5.43. The van der Waals surface area contributed by atoms with E-state index in [9.17, 15) is 4.39 Å². The molecular weight excluding hydrogens is 333 g/mol. The van der Waals surface area contributed by atoms with Gasteiger partial charge in [-0.25, -0.2) is 4.39 Å². The first-order chi connectivity index (χ1) is 12.7. The van der Waals surface area contributed by atoms with E-state index in [0.717, 1.165) is 51.3 Å². The van der Waals surface area contributed by atoms with Crippen molar-refractivity contribution >= 4 is 0 Å². The molecule has 1 aliphatic rings. The first-order valence-electron chi connectivity index (χ1n) is 9.09. The van der Waals surface area contributed by atoms with Crippen LogP contribution in [0.2, 0.25) is 0 Å². The largest absolute Gasteiger partial charge is 0.493 e. The number of aryl methyl sites for hydroxylation is 1. The highest BCUT2D eigenvalue weighted by Gasteiger charge is 2.10. The van der Waals surface area contributed by atoms with Gasteiger partial charge in [0.05, 0.1) is 20.3 Å². The maximum absolute atomic E-state index is 13.3. The van der Waals surface area contributed by atoms with E-state index in [2.05, 4.69) is 11.0 Å². The van der Waals surface area contributed by atoms with Gasteiger partial charge in [-0.3, -0.25) is 4.90 Å². The summed E-state index contributed by atoms with van der Waals surface area (Å²) in [5.74, 6) is 1.13. The number of morpholine rings is 1. The van der Waals surface area contributed by atoms with E-state index in [4.69, 9.17) is 14.2 Å². The van der Waals surface area contributed by atoms with E-state index >= 15 is 0 Å². The van der Waals surface area contributed by atoms with Crippen molar-refractivity contribution in [3.8, 4) is 11.5 Å². The average Bonchev–Trinajstić information content (AvgIpc) is 2.67. The van der Waals surface area contributed by atoms with Gasteiger partial charge in [-0.1, -0.05) is 18.2 Å². The van der Waals surface area contributed by atoms with E-state index < -0.39 is 0 Å². The lowest BCUT2D eigenvalue weighted by atomic mass is 10.1. The summed E-state index contributed by atoms with van der Waals surface area (Å²) in [5, 5.41) is 0. The van der Waals surface area contributed by atoms with Crippen LogP contribution in [-0.2, 0) is 17.8 Å². The normalized spacial score (nSPS) is 15.0. The van der Waals surface area contributed by atoms with Crippen LogP contribution in [0.25, 0.3) is 0 Å². The number of hydrogen-bond donors (Lipinski definition) is 0. The number of nitrogens with zero attached hydrogens (tertiary/aromatic N) is 1. The number of methoxy groups -OCH3 is 1. The molecule has 2 aromatic rings. The van der Waals surface area contributed by atoms with Crippen molar-refractivity contribution in [1.29, 1.82) is 0 Å². The maximum atomic E-state index is 13.3. The number of halogens is 1. The zero-order valence-corrected chi connectivity index (χ0v) is 15.2. The highest BCUT2D eigenvalue weighted by Crippen LogP contribution is 2.29. The Bertz CT molecular complexity index is 701. The van der Waals surface area contributed by atoms with Gasteiger partial charge in [0.15, 0.2) is 11.5 Å². The molecule has 3 rings (SSSR count). The summed E-state index contributed by atoms with van der Waals surface area (Å²) in [6, 6.07) is 12.5. The molecule has 0 unspecified atom stereocenters. The fourth-order valence-corrected chi connectivity index (χ4v) is 3.11. The molecule has 0 spiro atoms. The Labute approximate surface area is 154 Å². The van der Waals surface area contributed by atoms with Crippen LogP contribution in [0.15, 0.2) is 42.5 Å². The average molecular weight is 359 g/mol. The second kappa shape index (κ2) is 9.55. The standard InChI is InChI=1S/C21H26FNO3/c1-24-21-15-17(5-3-9-23-10-12-25-13-11-23)7-8-20(21)26-16-18-4-2-6-19(22)14-18/h2,4,6-8,14-15H,3,5,9-13,16H2,1H3. The molecule has 0 aromatic heterocycles. The molecule has 1 aliphatic heterocycles. The van der Waals surface area contributed by atoms with Crippen molar-refractivity contribution in [2.45, 2.75) is 19.4 Å². The molecule has 26 heavy (non-hydrogen) atoms. The summed E-state index contributed by atoms with van der Waals surface area (Å²) in [7, 11) is 1.64. The molecule has 0 radical (unpaired) electrons. The minimum atomic E-state index is -0.256. The highest BCUT2D eigenvalue weighted by atomic mass is 19.1. The summed E-state index contributed by atoms with van der Waals surface area (Å²) in [6.45, 7) is 5.12. The second-order valence-electron chi connectivity index (χ2n) is 6.46. The van der Waals surface area contributed by atoms with Gasteiger partial charge in [0.2, 0.25) is 0 Å². The monoisotopic (exact) mass is 359 g/mol. The number of rotatable bonds is 8. The number of ether oxygens (including phenoxy) is 3. The molecule has 0 bridgehead atoms. The van der Waals surface area contributed by atoms with Crippen LogP contribution in [0, 0.1) is 5.82 Å². The lowest BCUT2D eigenvalue weighted by molar-refractivity contribution is 0.0374. The van der Waals surface area contributed by atoms with E-state index in [0.29, 0.717) is 18.1 Å². The van der Waals surface area contributed by atoms with Gasteiger partial charge in [-0.2, -0.15) is 0 Å². The summed E-state index contributed by atoms with van der Waals surface area (Å²) in [4.78, 5) is 2.44. The lowest BCUT2D eigenvalue weighted by Gasteiger charge is -2.26. The fourth-order valence-electron chi connectivity index (χ4n) is 3.11. The van der Waals surface area contributed by atoms with Crippen LogP contribution in [-0.4, -0.2) is 44.9 Å². The van der Waals surface area contributed by atoms with Gasteiger partial charge in [0.25, 0.3) is 0 Å². The van der Waals surface area contributed by atoms with Crippen LogP contribution in [0.5, 0.6) is 11.5 Å². The molecule has 0 saturated carbocycles. The second-order valence-corrected chi connectivity index (χ2v) is 6.46. The SMILES string of the molecule is COc1cc(CCCN2CCOCC2)ccc1OCc1cccc(F)c1. The zero-order chi connectivity index (χ0) is 18.2. The van der Waals surface area contributed by atoms with Gasteiger partial charge in [-0.15, -0.1) is 0 Å². The molecule has 1 heterocycles. The van der Waals surface area contributed by atoms with Crippen molar-refractivity contribution in [3.05, 3.63) is 59.4 Å². The van der Waals surface area contributed by atoms with Crippen LogP contribution in [0.1, 0.15) is 17.5 Å². The molecule has 0 N–H and O–H groups in total. The quantitative estimate of drug-likeness (QED) is 0.719. The molecule has 0 amide bonds. The van der Waals surface area contributed by atoms with Crippen LogP contribution in [0.4, 0.5) is 4.39 Å². The Kier molecular flexibility index (Phi) is 6.86. The Hall–Kier alpha value is -2.11. The van der Waals surface area contributed by atoms with E-state index in [1.807, 2.05) is 18.2 Å². The van der Waals surface area contributed by atoms with E-state index in [-0.39, 0.29) is 5.82 Å². The predicted octanol–water partition coefficient (Wildman–Crippen LogP) is 3.68. The van der Waals surface area contributed by atoms with Crippen molar-refractivity contribution in [2.24, 2.45) is 0 Å². The zero-order valence-electron chi connectivity index (χ0n) is 15.2. The third-order valence-electron chi connectivity index (χ3n) is 4.55. The Morgan fingerprint density at radius 2 is 1.88 bits per heavy atom. The molecule has 4 nitrogen and oxygen atoms in total. The van der Waals surface area contributed by atoms with E-state index in [1.54, 1.807) is 13.2 Å². The maximum Gasteiger partial charge on any atom is 0.161 e. The van der Waals surface area contributed by atoms with Crippen molar-refractivity contribution in [1.82, 2.24) is 4.90 Å². The molecule has 0 atom stereocenters. The molecular formula is C21H26FNO3. The summed E-state index contributed by atoms with van der Waals surface area (Å²) < 4.78 is 29.9. The minimum Gasteiger partial charge on any atom is -0.493 e. The van der Waals surface area contributed by atoms with E-state index in [1.165, 1.54) is 17.7 Å². The lowest BCUT2D eigenvalue weighted by Crippen LogP contribution is -2.36. The molecule has 5 heteroatoms. The third-order valence-corrected chi connectivity index (χ3v) is 4.55. The summed E-state index contributed by atoms with van der Waals surface area (Å²) >= 11 is 0. The molecule has 2 aromatic carbocycles.